The molecule has 1 heterocycles. The third-order valence-electron chi connectivity index (χ3n) is 2.47. The highest BCUT2D eigenvalue weighted by Gasteiger charge is 2.20. The maximum atomic E-state index is 5.33. The van der Waals surface area contributed by atoms with Crippen molar-refractivity contribution in [3.8, 4) is 0 Å². The van der Waals surface area contributed by atoms with Gasteiger partial charge in [-0.05, 0) is 31.9 Å². The summed E-state index contributed by atoms with van der Waals surface area (Å²) < 4.78 is 5.33. The Hall–Kier alpha value is -0.930. The van der Waals surface area contributed by atoms with Gasteiger partial charge in [-0.15, -0.1) is 0 Å². The number of aromatic nitrogens is 1. The fourth-order valence-corrected chi connectivity index (χ4v) is 1.45. The average molecular weight is 206 g/mol. The van der Waals surface area contributed by atoms with Crippen molar-refractivity contribution < 1.29 is 4.74 Å². The van der Waals surface area contributed by atoms with Crippen LogP contribution in [-0.2, 0) is 17.9 Å². The van der Waals surface area contributed by atoms with Gasteiger partial charge >= 0.3 is 0 Å². The maximum absolute atomic E-state index is 5.33. The van der Waals surface area contributed by atoms with Gasteiger partial charge in [-0.3, -0.25) is 4.98 Å². The van der Waals surface area contributed by atoms with Gasteiger partial charge < -0.3 is 10.1 Å². The van der Waals surface area contributed by atoms with Gasteiger partial charge in [0.15, 0.2) is 0 Å². The molecule has 1 aliphatic carbocycles. The fraction of sp³-hybridized carbons (Fsp3) is 0.583. The third kappa shape index (κ3) is 3.61. The van der Waals surface area contributed by atoms with Crippen LogP contribution in [0.25, 0.3) is 0 Å². The molecular formula is C12H18N2O. The molecule has 0 bridgehead atoms. The zero-order valence-electron chi connectivity index (χ0n) is 9.20. The Bertz CT molecular complexity index is 310. The normalized spacial score (nSPS) is 15.5. The van der Waals surface area contributed by atoms with E-state index in [0.717, 1.165) is 30.6 Å². The van der Waals surface area contributed by atoms with E-state index < -0.39 is 0 Å². The largest absolute Gasteiger partial charge is 0.375 e. The van der Waals surface area contributed by atoms with Gasteiger partial charge in [-0.25, -0.2) is 0 Å². The van der Waals surface area contributed by atoms with Gasteiger partial charge in [0.2, 0.25) is 0 Å². The van der Waals surface area contributed by atoms with Gasteiger partial charge in [-0.1, -0.05) is 6.07 Å². The first-order chi connectivity index (χ1) is 7.38. The Morgan fingerprint density at radius 1 is 1.40 bits per heavy atom. The van der Waals surface area contributed by atoms with E-state index in [0.29, 0.717) is 6.61 Å². The first-order valence-electron chi connectivity index (χ1n) is 5.64. The second-order valence-electron chi connectivity index (χ2n) is 3.91. The molecule has 0 spiro atoms. The van der Waals surface area contributed by atoms with Crippen molar-refractivity contribution in [2.45, 2.75) is 39.0 Å². The molecule has 15 heavy (non-hydrogen) atoms. The molecule has 1 fully saturated rings. The summed E-state index contributed by atoms with van der Waals surface area (Å²) >= 11 is 0. The van der Waals surface area contributed by atoms with Crippen LogP contribution in [0.3, 0.4) is 0 Å². The maximum Gasteiger partial charge on any atom is 0.0887 e. The molecular weight excluding hydrogens is 188 g/mol. The highest BCUT2D eigenvalue weighted by molar-refractivity contribution is 5.10. The Morgan fingerprint density at radius 3 is 2.93 bits per heavy atom. The van der Waals surface area contributed by atoms with E-state index in [4.69, 9.17) is 4.74 Å². The molecule has 82 valence electrons. The van der Waals surface area contributed by atoms with Crippen molar-refractivity contribution in [2.75, 3.05) is 6.61 Å². The highest BCUT2D eigenvalue weighted by Crippen LogP contribution is 2.19. The molecule has 0 radical (unpaired) electrons. The minimum Gasteiger partial charge on any atom is -0.375 e. The number of hydrogen-bond donors (Lipinski definition) is 1. The number of hydrogen-bond acceptors (Lipinski definition) is 3. The Morgan fingerprint density at radius 2 is 2.20 bits per heavy atom. The summed E-state index contributed by atoms with van der Waals surface area (Å²) in [5.74, 6) is 0. The summed E-state index contributed by atoms with van der Waals surface area (Å²) in [6, 6.07) is 6.86. The molecule has 1 saturated carbocycles. The SMILES string of the molecule is CCOCc1cccc(CNC2CC2)n1. The van der Waals surface area contributed by atoms with Crippen molar-refractivity contribution in [1.29, 1.82) is 0 Å². The molecule has 3 nitrogen and oxygen atoms in total. The lowest BCUT2D eigenvalue weighted by atomic mass is 10.3. The zero-order valence-corrected chi connectivity index (χ0v) is 9.20. The lowest BCUT2D eigenvalue weighted by Gasteiger charge is -2.05. The summed E-state index contributed by atoms with van der Waals surface area (Å²) in [5.41, 5.74) is 2.13. The standard InChI is InChI=1S/C12H18N2O/c1-2-15-9-12-5-3-4-11(14-12)8-13-10-6-7-10/h3-5,10,13H,2,6-9H2,1H3. The van der Waals surface area contributed by atoms with Crippen LogP contribution in [0.4, 0.5) is 0 Å². The Kier molecular flexibility index (Phi) is 3.69. The van der Waals surface area contributed by atoms with Crippen molar-refractivity contribution in [3.63, 3.8) is 0 Å². The van der Waals surface area contributed by atoms with Crippen LogP contribution in [0.1, 0.15) is 31.2 Å². The lowest BCUT2D eigenvalue weighted by molar-refractivity contribution is 0.131. The van der Waals surface area contributed by atoms with Crippen molar-refractivity contribution >= 4 is 0 Å². The summed E-state index contributed by atoms with van der Waals surface area (Å²) in [6.45, 7) is 4.24. The Balaban J connectivity index is 1.85. The van der Waals surface area contributed by atoms with E-state index in [1.54, 1.807) is 0 Å². The number of rotatable bonds is 6. The van der Waals surface area contributed by atoms with Gasteiger partial charge in [0.05, 0.1) is 18.0 Å². The molecule has 0 atom stereocenters. The molecule has 1 aromatic rings. The van der Waals surface area contributed by atoms with Crippen LogP contribution in [0.15, 0.2) is 18.2 Å². The minimum absolute atomic E-state index is 0.619. The first-order valence-corrected chi connectivity index (χ1v) is 5.64. The van der Waals surface area contributed by atoms with Crippen LogP contribution in [0.2, 0.25) is 0 Å². The number of pyridine rings is 1. The van der Waals surface area contributed by atoms with Gasteiger partial charge in [-0.2, -0.15) is 0 Å². The second kappa shape index (κ2) is 5.24. The van der Waals surface area contributed by atoms with E-state index >= 15 is 0 Å². The lowest BCUT2D eigenvalue weighted by Crippen LogP contribution is -2.16. The summed E-state index contributed by atoms with van der Waals surface area (Å²) in [6.07, 6.45) is 2.64. The van der Waals surface area contributed by atoms with Gasteiger partial charge in [0.25, 0.3) is 0 Å². The number of ether oxygens (including phenoxy) is 1. The van der Waals surface area contributed by atoms with Crippen LogP contribution in [0, 0.1) is 0 Å². The quantitative estimate of drug-likeness (QED) is 0.771. The average Bonchev–Trinajstić information content (AvgIpc) is 3.08. The molecule has 0 unspecified atom stereocenters. The van der Waals surface area contributed by atoms with Crippen molar-refractivity contribution in [1.82, 2.24) is 10.3 Å². The third-order valence-corrected chi connectivity index (χ3v) is 2.47. The molecule has 0 saturated heterocycles. The molecule has 1 aromatic heterocycles. The predicted octanol–water partition coefficient (Wildman–Crippen LogP) is 1.87. The highest BCUT2D eigenvalue weighted by atomic mass is 16.5. The van der Waals surface area contributed by atoms with Crippen LogP contribution in [-0.4, -0.2) is 17.6 Å². The van der Waals surface area contributed by atoms with Crippen LogP contribution in [0.5, 0.6) is 0 Å². The zero-order chi connectivity index (χ0) is 10.5. The van der Waals surface area contributed by atoms with Crippen molar-refractivity contribution in [3.05, 3.63) is 29.6 Å². The van der Waals surface area contributed by atoms with Crippen molar-refractivity contribution in [2.24, 2.45) is 0 Å². The van der Waals surface area contributed by atoms with Crippen LogP contribution >= 0.6 is 0 Å². The molecule has 0 aliphatic heterocycles. The topological polar surface area (TPSA) is 34.1 Å². The molecule has 1 N–H and O–H groups in total. The predicted molar refractivity (Wildman–Crippen MR) is 59.4 cm³/mol. The number of nitrogens with one attached hydrogen (secondary N) is 1. The van der Waals surface area contributed by atoms with E-state index in [1.807, 2.05) is 19.1 Å². The first kappa shape index (κ1) is 10.6. The summed E-state index contributed by atoms with van der Waals surface area (Å²) in [7, 11) is 0. The molecule has 0 amide bonds. The van der Waals surface area contributed by atoms with E-state index in [1.165, 1.54) is 12.8 Å². The second-order valence-corrected chi connectivity index (χ2v) is 3.91. The molecule has 0 aromatic carbocycles. The molecule has 2 rings (SSSR count). The smallest absolute Gasteiger partial charge is 0.0887 e. The number of nitrogens with zero attached hydrogens (tertiary/aromatic N) is 1. The summed E-state index contributed by atoms with van der Waals surface area (Å²) in [5, 5.41) is 3.45. The fourth-order valence-electron chi connectivity index (χ4n) is 1.45. The summed E-state index contributed by atoms with van der Waals surface area (Å²) in [4.78, 5) is 4.52. The van der Waals surface area contributed by atoms with Crippen LogP contribution < -0.4 is 5.32 Å². The van der Waals surface area contributed by atoms with E-state index in [2.05, 4.69) is 16.4 Å². The minimum atomic E-state index is 0.619. The van der Waals surface area contributed by atoms with Gasteiger partial charge in [0, 0.05) is 19.2 Å². The molecule has 1 aliphatic rings. The monoisotopic (exact) mass is 206 g/mol. The van der Waals surface area contributed by atoms with E-state index in [-0.39, 0.29) is 0 Å². The van der Waals surface area contributed by atoms with E-state index in [9.17, 15) is 0 Å². The Labute approximate surface area is 90.9 Å². The van der Waals surface area contributed by atoms with Gasteiger partial charge in [0.1, 0.15) is 0 Å². The molecule has 3 heteroatoms.